The number of rotatable bonds is 8. The van der Waals surface area contributed by atoms with Gasteiger partial charge < -0.3 is 28.7 Å². The lowest BCUT2D eigenvalue weighted by molar-refractivity contribution is -0.132. The van der Waals surface area contributed by atoms with Crippen molar-refractivity contribution in [2.75, 3.05) is 72.0 Å². The van der Waals surface area contributed by atoms with Crippen LogP contribution in [0.4, 0.5) is 10.5 Å². The standard InChI is InChI=1S/C34H41N5O8S/c1-23-27(7-6-14-35-23)34(47-33(41)38-19-17-37(18-20-38)24-12-15-36(2)16-13-24)28-21-25(44-3)8-10-29(28)39(32(34)40)48(42,43)31-11-9-26(45-4)22-30(31)46-5/h6-11,14,21-22,24H,12-13,15-20H2,1-5H3. The molecule has 2 fully saturated rings. The summed E-state index contributed by atoms with van der Waals surface area (Å²) in [5.41, 5.74) is -1.42. The number of piperazine rings is 1. The van der Waals surface area contributed by atoms with E-state index in [4.69, 9.17) is 18.9 Å². The van der Waals surface area contributed by atoms with Gasteiger partial charge in [0.1, 0.15) is 22.1 Å². The molecule has 13 nitrogen and oxygen atoms in total. The Kier molecular flexibility index (Phi) is 9.25. The van der Waals surface area contributed by atoms with Crippen LogP contribution in [0.2, 0.25) is 0 Å². The molecule has 1 unspecified atom stereocenters. The lowest BCUT2D eigenvalue weighted by atomic mass is 9.86. The number of carbonyl (C=O) groups excluding carboxylic acids is 2. The second kappa shape index (κ2) is 13.2. The number of piperidine rings is 1. The molecule has 0 saturated carbocycles. The number of aryl methyl sites for hydroxylation is 1. The first kappa shape index (κ1) is 33.5. The minimum Gasteiger partial charge on any atom is -0.497 e. The molecule has 3 aliphatic rings. The van der Waals surface area contributed by atoms with Crippen LogP contribution in [0.5, 0.6) is 17.2 Å². The Morgan fingerprint density at radius 1 is 0.875 bits per heavy atom. The quantitative estimate of drug-likeness (QED) is 0.348. The maximum Gasteiger partial charge on any atom is 0.411 e. The summed E-state index contributed by atoms with van der Waals surface area (Å²) in [4.78, 5) is 39.6. The number of methoxy groups -OCH3 is 3. The van der Waals surface area contributed by atoms with E-state index in [-0.39, 0.29) is 27.5 Å². The van der Waals surface area contributed by atoms with Gasteiger partial charge in [-0.2, -0.15) is 4.31 Å². The third-order valence-electron chi connectivity index (χ3n) is 9.58. The number of hydrogen-bond acceptors (Lipinski definition) is 11. The Morgan fingerprint density at radius 2 is 1.54 bits per heavy atom. The van der Waals surface area contributed by atoms with Crippen molar-refractivity contribution < 1.29 is 37.0 Å². The molecule has 14 heteroatoms. The number of pyridine rings is 1. The van der Waals surface area contributed by atoms with Crippen molar-refractivity contribution in [1.29, 1.82) is 0 Å². The van der Waals surface area contributed by atoms with Crippen LogP contribution in [-0.2, 0) is 25.2 Å². The molecule has 3 aromatic rings. The third-order valence-corrected chi connectivity index (χ3v) is 11.3. The smallest absolute Gasteiger partial charge is 0.411 e. The average molecular weight is 680 g/mol. The molecule has 256 valence electrons. The van der Waals surface area contributed by atoms with Gasteiger partial charge in [0.25, 0.3) is 15.9 Å². The summed E-state index contributed by atoms with van der Waals surface area (Å²) in [6.45, 7) is 5.88. The van der Waals surface area contributed by atoms with Crippen LogP contribution >= 0.6 is 0 Å². The minimum atomic E-state index is -4.64. The number of benzene rings is 2. The third kappa shape index (κ3) is 5.71. The topological polar surface area (TPSA) is 131 Å². The molecule has 0 N–H and O–H groups in total. The summed E-state index contributed by atoms with van der Waals surface area (Å²) in [7, 11) is 1.73. The summed E-state index contributed by atoms with van der Waals surface area (Å²) < 4.78 is 52.3. The highest BCUT2D eigenvalue weighted by Gasteiger charge is 2.61. The summed E-state index contributed by atoms with van der Waals surface area (Å²) in [6, 6.07) is 12.5. The Balaban J connectivity index is 1.42. The number of amides is 2. The van der Waals surface area contributed by atoms with Crippen LogP contribution in [-0.4, -0.2) is 114 Å². The Morgan fingerprint density at radius 3 is 2.19 bits per heavy atom. The Labute approximate surface area is 281 Å². The minimum absolute atomic E-state index is 0.0156. The van der Waals surface area contributed by atoms with Crippen molar-refractivity contribution >= 4 is 27.7 Å². The largest absolute Gasteiger partial charge is 0.497 e. The van der Waals surface area contributed by atoms with Gasteiger partial charge in [-0.25, -0.2) is 13.2 Å². The number of aromatic nitrogens is 1. The average Bonchev–Trinajstić information content (AvgIpc) is 3.35. The predicted molar refractivity (Wildman–Crippen MR) is 177 cm³/mol. The maximum absolute atomic E-state index is 15.0. The molecule has 1 atom stereocenters. The molecule has 2 amide bonds. The van der Waals surface area contributed by atoms with Gasteiger partial charge in [-0.1, -0.05) is 6.07 Å². The number of hydrogen-bond donors (Lipinski definition) is 0. The molecule has 0 aliphatic carbocycles. The van der Waals surface area contributed by atoms with E-state index in [2.05, 4.69) is 21.8 Å². The van der Waals surface area contributed by atoms with E-state index < -0.39 is 27.6 Å². The van der Waals surface area contributed by atoms with E-state index in [1.54, 1.807) is 36.2 Å². The van der Waals surface area contributed by atoms with Gasteiger partial charge >= 0.3 is 6.09 Å². The van der Waals surface area contributed by atoms with Gasteiger partial charge in [-0.15, -0.1) is 0 Å². The van der Waals surface area contributed by atoms with Crippen LogP contribution < -0.4 is 18.5 Å². The van der Waals surface area contributed by atoms with Crippen LogP contribution in [0.15, 0.2) is 59.6 Å². The van der Waals surface area contributed by atoms with Gasteiger partial charge in [0.2, 0.25) is 5.60 Å². The van der Waals surface area contributed by atoms with E-state index in [0.29, 0.717) is 53.7 Å². The zero-order valence-corrected chi connectivity index (χ0v) is 28.7. The molecule has 6 rings (SSSR count). The summed E-state index contributed by atoms with van der Waals surface area (Å²) in [5.74, 6) is -0.296. The van der Waals surface area contributed by atoms with Crippen molar-refractivity contribution in [2.45, 2.75) is 36.3 Å². The van der Waals surface area contributed by atoms with Gasteiger partial charge in [-0.05, 0) is 76.3 Å². The van der Waals surface area contributed by atoms with Gasteiger partial charge in [0.15, 0.2) is 0 Å². The monoisotopic (exact) mass is 679 g/mol. The lowest BCUT2D eigenvalue weighted by Gasteiger charge is -2.42. The number of anilines is 1. The van der Waals surface area contributed by atoms with E-state index in [1.807, 2.05) is 0 Å². The molecular weight excluding hydrogens is 638 g/mol. The Bertz CT molecular complexity index is 1800. The highest BCUT2D eigenvalue weighted by Crippen LogP contribution is 2.51. The highest BCUT2D eigenvalue weighted by atomic mass is 32.2. The lowest BCUT2D eigenvalue weighted by Crippen LogP contribution is -2.55. The zero-order chi connectivity index (χ0) is 34.2. The van der Waals surface area contributed by atoms with Crippen LogP contribution in [0.1, 0.15) is 29.7 Å². The molecule has 48 heavy (non-hydrogen) atoms. The van der Waals surface area contributed by atoms with Crippen molar-refractivity contribution in [3.8, 4) is 17.2 Å². The first-order valence-corrected chi connectivity index (χ1v) is 17.3. The van der Waals surface area contributed by atoms with Gasteiger partial charge in [-0.3, -0.25) is 14.7 Å². The molecule has 0 radical (unpaired) electrons. The molecular formula is C34H41N5O8S. The van der Waals surface area contributed by atoms with Crippen LogP contribution in [0.3, 0.4) is 0 Å². The number of carbonyl (C=O) groups is 2. The second-order valence-corrected chi connectivity index (χ2v) is 14.0. The maximum atomic E-state index is 15.0. The zero-order valence-electron chi connectivity index (χ0n) is 27.8. The number of nitrogens with zero attached hydrogens (tertiary/aromatic N) is 5. The molecule has 2 aromatic carbocycles. The molecule has 1 aromatic heterocycles. The second-order valence-electron chi connectivity index (χ2n) is 12.2. The molecule has 3 aliphatic heterocycles. The van der Waals surface area contributed by atoms with Crippen molar-refractivity contribution in [1.82, 2.24) is 19.7 Å². The van der Waals surface area contributed by atoms with E-state index in [0.717, 1.165) is 25.9 Å². The van der Waals surface area contributed by atoms with Crippen molar-refractivity contribution in [3.63, 3.8) is 0 Å². The van der Waals surface area contributed by atoms with Crippen LogP contribution in [0, 0.1) is 6.92 Å². The normalized spacial score (nSPS) is 20.8. The summed E-state index contributed by atoms with van der Waals surface area (Å²) in [6.07, 6.45) is 2.96. The van der Waals surface area contributed by atoms with Gasteiger partial charge in [0, 0.05) is 61.3 Å². The van der Waals surface area contributed by atoms with Crippen LogP contribution in [0.25, 0.3) is 0 Å². The molecule has 0 spiro atoms. The van der Waals surface area contributed by atoms with Gasteiger partial charge in [0.05, 0.1) is 27.0 Å². The fourth-order valence-electron chi connectivity index (χ4n) is 6.89. The number of fused-ring (bicyclic) bond motifs is 1. The number of ether oxygens (including phenoxy) is 4. The summed E-state index contributed by atoms with van der Waals surface area (Å²) in [5, 5.41) is 0. The van der Waals surface area contributed by atoms with E-state index >= 15 is 0 Å². The molecule has 0 bridgehead atoms. The van der Waals surface area contributed by atoms with Crippen molar-refractivity contribution in [3.05, 3.63) is 71.5 Å². The first-order chi connectivity index (χ1) is 23.0. The highest BCUT2D eigenvalue weighted by molar-refractivity contribution is 7.93. The fourth-order valence-corrected chi connectivity index (χ4v) is 8.49. The molecule has 4 heterocycles. The Hall–Kier alpha value is -4.40. The molecule has 2 saturated heterocycles. The predicted octanol–water partition coefficient (Wildman–Crippen LogP) is 3.24. The number of likely N-dealkylation sites (tertiary alicyclic amines) is 1. The number of sulfonamides is 1. The van der Waals surface area contributed by atoms with Crippen molar-refractivity contribution in [2.24, 2.45) is 0 Å². The first-order valence-electron chi connectivity index (χ1n) is 15.9. The SMILES string of the molecule is COc1ccc(S(=O)(=O)N2C(=O)C(OC(=O)N3CCN(C4CCN(C)CC4)CC3)(c3cccnc3C)c3cc(OC)ccc32)c(OC)c1. The van der Waals surface area contributed by atoms with E-state index in [1.165, 1.54) is 51.7 Å². The van der Waals surface area contributed by atoms with E-state index in [9.17, 15) is 18.0 Å². The summed E-state index contributed by atoms with van der Waals surface area (Å²) >= 11 is 0. The fraction of sp³-hybridized carbons (Fsp3) is 0.441.